The summed E-state index contributed by atoms with van der Waals surface area (Å²) in [6.07, 6.45) is 1.06. The molecule has 0 nitrogen and oxygen atoms in total. The Morgan fingerprint density at radius 3 is 2.38 bits per heavy atom. The van der Waals surface area contributed by atoms with Gasteiger partial charge >= 0.3 is 0 Å². The molecule has 0 radical (unpaired) electrons. The highest BCUT2D eigenvalue weighted by atomic mass is 79.9. The average Bonchev–Trinajstić information content (AvgIpc) is 2.64. The third-order valence-corrected chi connectivity index (χ3v) is 4.20. The van der Waals surface area contributed by atoms with Crippen molar-refractivity contribution in [3.8, 4) is 11.1 Å². The average molecular weight is 338 g/mol. The van der Waals surface area contributed by atoms with E-state index in [1.54, 1.807) is 0 Å². The van der Waals surface area contributed by atoms with E-state index in [2.05, 4.69) is 68.3 Å². The summed E-state index contributed by atoms with van der Waals surface area (Å²) in [5.74, 6) is 0. The van der Waals surface area contributed by atoms with Crippen LogP contribution in [0, 0.1) is 0 Å². The Bertz CT molecular complexity index is 559. The van der Waals surface area contributed by atoms with E-state index >= 15 is 0 Å². The van der Waals surface area contributed by atoms with Crippen LogP contribution in [0.15, 0.2) is 40.9 Å². The van der Waals surface area contributed by atoms with Crippen LogP contribution < -0.4 is 0 Å². The minimum absolute atomic E-state index is 0.931. The first-order valence-electron chi connectivity index (χ1n) is 5.24. The molecule has 0 heterocycles. The van der Waals surface area contributed by atoms with E-state index in [0.717, 1.165) is 11.8 Å². The molecule has 3 rings (SSSR count). The molecule has 0 saturated carbocycles. The third kappa shape index (κ3) is 1.64. The smallest absolute Gasteiger partial charge is 0.0283 e. The van der Waals surface area contributed by atoms with Crippen LogP contribution in [-0.4, -0.2) is 0 Å². The molecule has 2 aromatic rings. The number of fused-ring (bicyclic) bond motifs is 3. The predicted octanol–water partition coefficient (Wildman–Crippen LogP) is 4.92. The van der Waals surface area contributed by atoms with Crippen LogP contribution in [0.4, 0.5) is 0 Å². The Balaban J connectivity index is 2.16. The van der Waals surface area contributed by atoms with Crippen molar-refractivity contribution >= 4 is 31.9 Å². The highest BCUT2D eigenvalue weighted by molar-refractivity contribution is 9.10. The lowest BCUT2D eigenvalue weighted by Crippen LogP contribution is -1.83. The molecule has 0 bridgehead atoms. The minimum atomic E-state index is 0.931. The van der Waals surface area contributed by atoms with Crippen LogP contribution in [-0.2, 0) is 11.8 Å². The number of hydrogen-bond donors (Lipinski definition) is 0. The second-order valence-corrected chi connectivity index (χ2v) is 5.58. The summed E-state index contributed by atoms with van der Waals surface area (Å²) >= 11 is 7.04. The second kappa shape index (κ2) is 4.01. The van der Waals surface area contributed by atoms with Gasteiger partial charge in [-0.2, -0.15) is 0 Å². The van der Waals surface area contributed by atoms with Crippen molar-refractivity contribution in [1.29, 1.82) is 0 Å². The zero-order valence-corrected chi connectivity index (χ0v) is 11.8. The van der Waals surface area contributed by atoms with Gasteiger partial charge in [0, 0.05) is 9.80 Å². The summed E-state index contributed by atoms with van der Waals surface area (Å²) in [5, 5.41) is 0.931. The summed E-state index contributed by atoms with van der Waals surface area (Å²) in [7, 11) is 0. The van der Waals surface area contributed by atoms with E-state index in [9.17, 15) is 0 Å². The molecule has 0 amide bonds. The summed E-state index contributed by atoms with van der Waals surface area (Å²) in [4.78, 5) is 0. The monoisotopic (exact) mass is 336 g/mol. The Hall–Kier alpha value is -0.600. The fourth-order valence-electron chi connectivity index (χ4n) is 2.32. The highest BCUT2D eigenvalue weighted by Gasteiger charge is 2.18. The first kappa shape index (κ1) is 10.5. The second-order valence-electron chi connectivity index (χ2n) is 4.10. The minimum Gasteiger partial charge on any atom is -0.0876 e. The van der Waals surface area contributed by atoms with E-state index in [4.69, 9.17) is 0 Å². The summed E-state index contributed by atoms with van der Waals surface area (Å²) < 4.78 is 1.17. The molecule has 0 N–H and O–H groups in total. The quantitative estimate of drug-likeness (QED) is 0.553. The van der Waals surface area contributed by atoms with Gasteiger partial charge in [-0.15, -0.1) is 0 Å². The zero-order chi connectivity index (χ0) is 11.1. The topological polar surface area (TPSA) is 0 Å². The summed E-state index contributed by atoms with van der Waals surface area (Å²) in [6, 6.07) is 13.3. The number of benzene rings is 2. The van der Waals surface area contributed by atoms with Crippen LogP contribution in [0.25, 0.3) is 11.1 Å². The Morgan fingerprint density at radius 2 is 1.62 bits per heavy atom. The van der Waals surface area contributed by atoms with Gasteiger partial charge in [0.15, 0.2) is 0 Å². The lowest BCUT2D eigenvalue weighted by atomic mass is 10.0. The van der Waals surface area contributed by atoms with Gasteiger partial charge in [-0.25, -0.2) is 0 Å². The Morgan fingerprint density at radius 1 is 0.938 bits per heavy atom. The molecule has 16 heavy (non-hydrogen) atoms. The van der Waals surface area contributed by atoms with Crippen molar-refractivity contribution in [2.24, 2.45) is 0 Å². The van der Waals surface area contributed by atoms with Gasteiger partial charge in [0.2, 0.25) is 0 Å². The van der Waals surface area contributed by atoms with Gasteiger partial charge in [-0.05, 0) is 46.4 Å². The van der Waals surface area contributed by atoms with Crippen molar-refractivity contribution in [3.05, 3.63) is 57.6 Å². The molecule has 2 heteroatoms. The van der Waals surface area contributed by atoms with Gasteiger partial charge in [-0.1, -0.05) is 56.1 Å². The molecular formula is C14H10Br2. The standard InChI is InChI=1S/C14H10Br2/c15-8-9-1-3-13-10(5-9)6-11-7-12(16)2-4-14(11)13/h1-5,7H,6,8H2. The SMILES string of the molecule is BrCc1ccc2c(c1)Cc1cc(Br)ccc1-2. The normalized spacial score (nSPS) is 12.4. The molecule has 0 atom stereocenters. The van der Waals surface area contributed by atoms with Crippen molar-refractivity contribution in [2.45, 2.75) is 11.8 Å². The lowest BCUT2D eigenvalue weighted by molar-refractivity contribution is 1.24. The van der Waals surface area contributed by atoms with Crippen LogP contribution in [0.1, 0.15) is 16.7 Å². The first-order chi connectivity index (χ1) is 7.78. The summed E-state index contributed by atoms with van der Waals surface area (Å²) in [6.45, 7) is 0. The van der Waals surface area contributed by atoms with Crippen molar-refractivity contribution < 1.29 is 0 Å². The molecule has 1 aliphatic rings. The van der Waals surface area contributed by atoms with E-state index < -0.39 is 0 Å². The first-order valence-corrected chi connectivity index (χ1v) is 7.16. The molecule has 0 aliphatic heterocycles. The van der Waals surface area contributed by atoms with Crippen molar-refractivity contribution in [3.63, 3.8) is 0 Å². The van der Waals surface area contributed by atoms with Gasteiger partial charge in [0.25, 0.3) is 0 Å². The fraction of sp³-hybridized carbons (Fsp3) is 0.143. The maximum Gasteiger partial charge on any atom is 0.0283 e. The Kier molecular flexibility index (Phi) is 2.64. The molecule has 2 aromatic carbocycles. The third-order valence-electron chi connectivity index (χ3n) is 3.06. The van der Waals surface area contributed by atoms with Crippen molar-refractivity contribution in [1.82, 2.24) is 0 Å². The predicted molar refractivity (Wildman–Crippen MR) is 75.0 cm³/mol. The molecular weight excluding hydrogens is 328 g/mol. The van der Waals surface area contributed by atoms with E-state index in [-0.39, 0.29) is 0 Å². The van der Waals surface area contributed by atoms with Gasteiger partial charge in [0.1, 0.15) is 0 Å². The molecule has 0 spiro atoms. The van der Waals surface area contributed by atoms with E-state index in [1.807, 2.05) is 0 Å². The maximum atomic E-state index is 3.53. The number of rotatable bonds is 1. The van der Waals surface area contributed by atoms with Crippen molar-refractivity contribution in [2.75, 3.05) is 0 Å². The maximum absolute atomic E-state index is 3.53. The van der Waals surface area contributed by atoms with Gasteiger partial charge < -0.3 is 0 Å². The zero-order valence-electron chi connectivity index (χ0n) is 8.63. The lowest BCUT2D eigenvalue weighted by Gasteiger charge is -2.02. The fourth-order valence-corrected chi connectivity index (χ4v) is 3.07. The van der Waals surface area contributed by atoms with Gasteiger partial charge in [-0.3, -0.25) is 0 Å². The van der Waals surface area contributed by atoms with E-state index in [0.29, 0.717) is 0 Å². The number of halogens is 2. The Labute approximate surface area is 112 Å². The van der Waals surface area contributed by atoms with Gasteiger partial charge in [0.05, 0.1) is 0 Å². The van der Waals surface area contributed by atoms with Crippen LogP contribution >= 0.6 is 31.9 Å². The molecule has 80 valence electrons. The molecule has 1 aliphatic carbocycles. The largest absolute Gasteiger partial charge is 0.0876 e. The molecule has 0 saturated heterocycles. The molecule has 0 fully saturated rings. The molecule has 0 aromatic heterocycles. The summed E-state index contributed by atoms with van der Waals surface area (Å²) in [5.41, 5.74) is 7.01. The van der Waals surface area contributed by atoms with Crippen LogP contribution in [0.5, 0.6) is 0 Å². The molecule has 0 unspecified atom stereocenters. The highest BCUT2D eigenvalue weighted by Crippen LogP contribution is 2.38. The van der Waals surface area contributed by atoms with Crippen LogP contribution in [0.2, 0.25) is 0 Å². The van der Waals surface area contributed by atoms with E-state index in [1.165, 1.54) is 32.3 Å². The number of alkyl halides is 1. The number of hydrogen-bond acceptors (Lipinski definition) is 0. The van der Waals surface area contributed by atoms with Crippen LogP contribution in [0.3, 0.4) is 0 Å².